The minimum atomic E-state index is 0.464. The van der Waals surface area contributed by atoms with E-state index in [-0.39, 0.29) is 0 Å². The minimum Gasteiger partial charge on any atom is -0.508 e. The predicted octanol–water partition coefficient (Wildman–Crippen LogP) is 11.5. The molecule has 33 heavy (non-hydrogen) atoms. The first-order valence-electron chi connectivity index (χ1n) is 14.9. The molecule has 0 aliphatic carbocycles. The molecule has 0 atom stereocenters. The number of rotatable bonds is 21. The first-order valence-corrected chi connectivity index (χ1v) is 14.9. The van der Waals surface area contributed by atoms with Crippen LogP contribution in [0.2, 0.25) is 0 Å². The van der Waals surface area contributed by atoms with Crippen LogP contribution >= 0.6 is 0 Å². The zero-order valence-corrected chi connectivity index (χ0v) is 23.2. The number of aromatic hydroxyl groups is 1. The normalized spacial score (nSPS) is 10.8. The van der Waals surface area contributed by atoms with E-state index in [0.717, 1.165) is 12.0 Å². The average molecular weight is 461 g/mol. The lowest BCUT2D eigenvalue weighted by Crippen LogP contribution is -1.88. The van der Waals surface area contributed by atoms with Gasteiger partial charge in [0.25, 0.3) is 0 Å². The molecule has 0 unspecified atom stereocenters. The quantitative estimate of drug-likeness (QED) is 0.181. The standard InChI is InChI=1S/C19H32O.C13H28/c1-3-4-5-6-7-8-9-10-11-12-13-18-16-17(2)14-15-19(18)20;1-3-5-7-9-11-13-12-10-8-6-4-2/h14-16,20H,3-13H2,1-2H3;3-13H2,1-2H3. The molecule has 0 bridgehead atoms. The van der Waals surface area contributed by atoms with Crippen LogP contribution in [0.25, 0.3) is 0 Å². The summed E-state index contributed by atoms with van der Waals surface area (Å²) < 4.78 is 0. The highest BCUT2D eigenvalue weighted by Crippen LogP contribution is 2.21. The van der Waals surface area contributed by atoms with Gasteiger partial charge in [-0.25, -0.2) is 0 Å². The van der Waals surface area contributed by atoms with Crippen LogP contribution in [0.15, 0.2) is 18.2 Å². The van der Waals surface area contributed by atoms with Gasteiger partial charge in [0.05, 0.1) is 0 Å². The molecular weight excluding hydrogens is 400 g/mol. The molecule has 0 aliphatic heterocycles. The Morgan fingerprint density at radius 3 is 1.18 bits per heavy atom. The third-order valence-corrected chi connectivity index (χ3v) is 6.74. The van der Waals surface area contributed by atoms with E-state index >= 15 is 0 Å². The second-order valence-electron chi connectivity index (χ2n) is 10.2. The Bertz CT molecular complexity index is 497. The van der Waals surface area contributed by atoms with Crippen molar-refractivity contribution in [2.45, 2.75) is 169 Å². The fourth-order valence-corrected chi connectivity index (χ4v) is 4.45. The molecule has 1 nitrogen and oxygen atoms in total. The van der Waals surface area contributed by atoms with Gasteiger partial charge < -0.3 is 5.11 Å². The molecule has 0 aromatic heterocycles. The van der Waals surface area contributed by atoms with E-state index in [9.17, 15) is 5.11 Å². The molecule has 1 rings (SSSR count). The average Bonchev–Trinajstić information content (AvgIpc) is 2.82. The Morgan fingerprint density at radius 1 is 0.485 bits per heavy atom. The number of phenolic OH excluding ortho intramolecular Hbond substituents is 1. The first-order chi connectivity index (χ1) is 16.2. The fraction of sp³-hybridized carbons (Fsp3) is 0.812. The molecule has 0 amide bonds. The molecule has 1 N–H and O–H groups in total. The summed E-state index contributed by atoms with van der Waals surface area (Å²) >= 11 is 0. The number of unbranched alkanes of at least 4 members (excludes halogenated alkanes) is 19. The summed E-state index contributed by atoms with van der Waals surface area (Å²) in [5.41, 5.74) is 2.36. The topological polar surface area (TPSA) is 20.2 Å². The number of hydrogen-bond donors (Lipinski definition) is 1. The van der Waals surface area contributed by atoms with E-state index in [2.05, 4.69) is 33.8 Å². The Labute approximate surface area is 209 Å². The molecule has 0 heterocycles. The summed E-state index contributed by atoms with van der Waals surface area (Å²) in [6.07, 6.45) is 30.6. The van der Waals surface area contributed by atoms with E-state index in [1.807, 2.05) is 12.1 Å². The first kappa shape index (κ1) is 32.0. The maximum absolute atomic E-state index is 9.78. The van der Waals surface area contributed by atoms with E-state index in [1.165, 1.54) is 140 Å². The lowest BCUT2D eigenvalue weighted by atomic mass is 10.0. The molecular formula is C32H60O. The van der Waals surface area contributed by atoms with E-state index in [0.29, 0.717) is 5.75 Å². The van der Waals surface area contributed by atoms with Gasteiger partial charge in [0, 0.05) is 0 Å². The lowest BCUT2D eigenvalue weighted by Gasteiger charge is -2.06. The van der Waals surface area contributed by atoms with Crippen molar-refractivity contribution in [3.63, 3.8) is 0 Å². The van der Waals surface area contributed by atoms with Gasteiger partial charge in [-0.3, -0.25) is 0 Å². The lowest BCUT2D eigenvalue weighted by molar-refractivity contribution is 0.465. The SMILES string of the molecule is CCCCCCCCCCCCC.CCCCCCCCCCCCc1cc(C)ccc1O. The molecule has 1 aromatic carbocycles. The van der Waals surface area contributed by atoms with Gasteiger partial charge in [0.1, 0.15) is 5.75 Å². The zero-order chi connectivity index (χ0) is 24.4. The van der Waals surface area contributed by atoms with Gasteiger partial charge >= 0.3 is 0 Å². The van der Waals surface area contributed by atoms with Gasteiger partial charge in [0.15, 0.2) is 0 Å². The predicted molar refractivity (Wildman–Crippen MR) is 151 cm³/mol. The van der Waals surface area contributed by atoms with E-state index in [1.54, 1.807) is 0 Å². The molecule has 0 aliphatic rings. The highest BCUT2D eigenvalue weighted by molar-refractivity contribution is 5.35. The van der Waals surface area contributed by atoms with Gasteiger partial charge in [-0.15, -0.1) is 0 Å². The minimum absolute atomic E-state index is 0.464. The maximum atomic E-state index is 9.78. The summed E-state index contributed by atoms with van der Waals surface area (Å²) in [7, 11) is 0. The van der Waals surface area contributed by atoms with Crippen molar-refractivity contribution in [2.75, 3.05) is 0 Å². The molecule has 194 valence electrons. The Morgan fingerprint density at radius 2 is 0.818 bits per heavy atom. The van der Waals surface area contributed by atoms with Gasteiger partial charge in [-0.05, 0) is 31.4 Å². The van der Waals surface area contributed by atoms with Crippen LogP contribution in [0.4, 0.5) is 0 Å². The largest absolute Gasteiger partial charge is 0.508 e. The molecule has 0 spiro atoms. The molecule has 0 saturated carbocycles. The summed E-state index contributed by atoms with van der Waals surface area (Å²) in [6, 6.07) is 5.90. The van der Waals surface area contributed by atoms with Crippen LogP contribution in [-0.2, 0) is 6.42 Å². The maximum Gasteiger partial charge on any atom is 0.118 e. The van der Waals surface area contributed by atoms with Crippen LogP contribution in [-0.4, -0.2) is 5.11 Å². The van der Waals surface area contributed by atoms with Crippen LogP contribution in [0, 0.1) is 6.92 Å². The van der Waals surface area contributed by atoms with Crippen molar-refractivity contribution in [2.24, 2.45) is 0 Å². The second kappa shape index (κ2) is 25.6. The highest BCUT2D eigenvalue weighted by atomic mass is 16.3. The van der Waals surface area contributed by atoms with Crippen molar-refractivity contribution in [3.05, 3.63) is 29.3 Å². The fourth-order valence-electron chi connectivity index (χ4n) is 4.45. The third-order valence-electron chi connectivity index (χ3n) is 6.74. The van der Waals surface area contributed by atoms with Crippen LogP contribution in [0.5, 0.6) is 5.75 Å². The van der Waals surface area contributed by atoms with Crippen molar-refractivity contribution < 1.29 is 5.11 Å². The van der Waals surface area contributed by atoms with Crippen molar-refractivity contribution in [3.8, 4) is 5.75 Å². The zero-order valence-electron chi connectivity index (χ0n) is 23.2. The highest BCUT2D eigenvalue weighted by Gasteiger charge is 2.01. The number of hydrogen-bond acceptors (Lipinski definition) is 1. The summed E-state index contributed by atoms with van der Waals surface area (Å²) in [4.78, 5) is 0. The van der Waals surface area contributed by atoms with Crippen LogP contribution in [0.1, 0.15) is 167 Å². The second-order valence-corrected chi connectivity index (χ2v) is 10.2. The third kappa shape index (κ3) is 22.6. The van der Waals surface area contributed by atoms with E-state index in [4.69, 9.17) is 0 Å². The molecule has 0 fully saturated rings. The molecule has 1 aromatic rings. The summed E-state index contributed by atoms with van der Waals surface area (Å²) in [5, 5.41) is 9.78. The Hall–Kier alpha value is -0.980. The van der Waals surface area contributed by atoms with Gasteiger partial charge in [0.2, 0.25) is 0 Å². The molecule has 0 saturated heterocycles. The Balaban J connectivity index is 0.000000684. The Kier molecular flexibility index (Phi) is 24.9. The monoisotopic (exact) mass is 460 g/mol. The smallest absolute Gasteiger partial charge is 0.118 e. The molecule has 1 heteroatoms. The number of phenols is 1. The van der Waals surface area contributed by atoms with Crippen LogP contribution in [0.3, 0.4) is 0 Å². The van der Waals surface area contributed by atoms with Crippen LogP contribution < -0.4 is 0 Å². The van der Waals surface area contributed by atoms with Crippen molar-refractivity contribution in [1.82, 2.24) is 0 Å². The number of aryl methyl sites for hydroxylation is 2. The summed E-state index contributed by atoms with van der Waals surface area (Å²) in [6.45, 7) is 8.92. The van der Waals surface area contributed by atoms with E-state index < -0.39 is 0 Å². The summed E-state index contributed by atoms with van der Waals surface area (Å²) in [5.74, 6) is 0.464. The number of benzene rings is 1. The van der Waals surface area contributed by atoms with Gasteiger partial charge in [-0.2, -0.15) is 0 Å². The van der Waals surface area contributed by atoms with Crippen molar-refractivity contribution in [1.29, 1.82) is 0 Å². The molecule has 0 radical (unpaired) electrons. The van der Waals surface area contributed by atoms with Gasteiger partial charge in [-0.1, -0.05) is 167 Å². The van der Waals surface area contributed by atoms with Crippen molar-refractivity contribution >= 4 is 0 Å².